The zero-order chi connectivity index (χ0) is 15.9. The van der Waals surface area contributed by atoms with E-state index in [1.54, 1.807) is 0 Å². The Hall–Kier alpha value is -1.70. The lowest BCUT2D eigenvalue weighted by Gasteiger charge is -2.11. The van der Waals surface area contributed by atoms with Gasteiger partial charge in [-0.2, -0.15) is 0 Å². The summed E-state index contributed by atoms with van der Waals surface area (Å²) in [6.45, 7) is 2.56. The molecule has 0 aliphatic carbocycles. The van der Waals surface area contributed by atoms with E-state index in [1.807, 2.05) is 6.92 Å². The lowest BCUT2D eigenvalue weighted by molar-refractivity contribution is 0.585. The molecule has 0 aliphatic heterocycles. The van der Waals surface area contributed by atoms with Crippen LogP contribution in [0.2, 0.25) is 0 Å². The summed E-state index contributed by atoms with van der Waals surface area (Å²) in [5.41, 5.74) is 0.135. The Morgan fingerprint density at radius 2 is 2.00 bits per heavy atom. The molecule has 21 heavy (non-hydrogen) atoms. The molecule has 0 saturated carbocycles. The van der Waals surface area contributed by atoms with Crippen molar-refractivity contribution in [2.45, 2.75) is 13.5 Å². The van der Waals surface area contributed by atoms with Gasteiger partial charge in [-0.15, -0.1) is 0 Å². The topological polar surface area (TPSA) is 70.6 Å². The Morgan fingerprint density at radius 1 is 1.29 bits per heavy atom. The minimum atomic E-state index is -3.07. The van der Waals surface area contributed by atoms with Crippen LogP contribution in [0.3, 0.4) is 0 Å². The zero-order valence-corrected chi connectivity index (χ0v) is 12.8. The number of hydrogen-bond donors (Lipinski definition) is 2. The van der Waals surface area contributed by atoms with Gasteiger partial charge in [-0.1, -0.05) is 0 Å². The average Bonchev–Trinajstić information content (AvgIpc) is 2.38. The predicted octanol–water partition coefficient (Wildman–Crippen LogP) is 1.06. The SMILES string of the molecule is CCNC(=NCc1cc(F)ccc1F)NCCS(C)(=O)=O. The normalized spacial score (nSPS) is 12.3. The van der Waals surface area contributed by atoms with Gasteiger partial charge in [-0.3, -0.25) is 0 Å². The molecule has 0 aliphatic rings. The molecule has 0 amide bonds. The van der Waals surface area contributed by atoms with E-state index in [9.17, 15) is 17.2 Å². The van der Waals surface area contributed by atoms with Crippen LogP contribution in [0.1, 0.15) is 12.5 Å². The van der Waals surface area contributed by atoms with Gasteiger partial charge in [-0.05, 0) is 25.1 Å². The second-order valence-electron chi connectivity index (χ2n) is 4.49. The summed E-state index contributed by atoms with van der Waals surface area (Å²) < 4.78 is 48.6. The van der Waals surface area contributed by atoms with Crippen molar-refractivity contribution in [3.63, 3.8) is 0 Å². The highest BCUT2D eigenvalue weighted by Gasteiger charge is 2.05. The summed E-state index contributed by atoms with van der Waals surface area (Å²) in [5, 5.41) is 5.73. The van der Waals surface area contributed by atoms with Crippen molar-refractivity contribution in [2.24, 2.45) is 4.99 Å². The first-order valence-electron chi connectivity index (χ1n) is 6.45. The molecule has 0 aromatic heterocycles. The van der Waals surface area contributed by atoms with Gasteiger partial charge in [0, 0.05) is 24.9 Å². The number of halogens is 2. The molecule has 1 rings (SSSR count). The Balaban J connectivity index is 2.68. The maximum absolute atomic E-state index is 13.5. The van der Waals surface area contributed by atoms with Gasteiger partial charge in [0.15, 0.2) is 5.96 Å². The molecule has 2 N–H and O–H groups in total. The Bertz CT molecular complexity index is 603. The standard InChI is InChI=1S/C13H19F2N3O2S/c1-3-16-13(17-6-7-21(2,19)20)18-9-10-8-11(14)4-5-12(10)15/h4-5,8H,3,6-7,9H2,1-2H3,(H2,16,17,18). The molecule has 0 bridgehead atoms. The second-order valence-corrected chi connectivity index (χ2v) is 6.75. The van der Waals surface area contributed by atoms with Crippen molar-refractivity contribution in [1.29, 1.82) is 0 Å². The van der Waals surface area contributed by atoms with Gasteiger partial charge in [-0.25, -0.2) is 22.2 Å². The number of sulfone groups is 1. The fraction of sp³-hybridized carbons (Fsp3) is 0.462. The number of rotatable bonds is 6. The summed E-state index contributed by atoms with van der Waals surface area (Å²) in [7, 11) is -3.07. The van der Waals surface area contributed by atoms with Gasteiger partial charge < -0.3 is 10.6 Å². The fourth-order valence-electron chi connectivity index (χ4n) is 1.53. The molecule has 1 aromatic rings. The van der Waals surface area contributed by atoms with E-state index in [2.05, 4.69) is 15.6 Å². The van der Waals surface area contributed by atoms with Crippen LogP contribution in [0.4, 0.5) is 8.78 Å². The first-order chi connectivity index (χ1) is 9.81. The van der Waals surface area contributed by atoms with E-state index in [0.29, 0.717) is 12.5 Å². The minimum absolute atomic E-state index is 0.0360. The van der Waals surface area contributed by atoms with Crippen LogP contribution in [0.25, 0.3) is 0 Å². The summed E-state index contributed by atoms with van der Waals surface area (Å²) >= 11 is 0. The van der Waals surface area contributed by atoms with Crippen molar-refractivity contribution < 1.29 is 17.2 Å². The van der Waals surface area contributed by atoms with Crippen molar-refractivity contribution in [3.05, 3.63) is 35.4 Å². The van der Waals surface area contributed by atoms with Gasteiger partial charge in [0.25, 0.3) is 0 Å². The fourth-order valence-corrected chi connectivity index (χ4v) is 2.00. The van der Waals surface area contributed by atoms with E-state index >= 15 is 0 Å². The molecule has 0 fully saturated rings. The predicted molar refractivity (Wildman–Crippen MR) is 78.9 cm³/mol. The summed E-state index contributed by atoms with van der Waals surface area (Å²) in [4.78, 5) is 4.10. The molecule has 5 nitrogen and oxygen atoms in total. The third-order valence-corrected chi connectivity index (χ3v) is 3.47. The molecule has 1 aromatic carbocycles. The van der Waals surface area contributed by atoms with E-state index in [4.69, 9.17) is 0 Å². The lowest BCUT2D eigenvalue weighted by atomic mass is 10.2. The molecule has 0 unspecified atom stereocenters. The smallest absolute Gasteiger partial charge is 0.191 e. The van der Waals surface area contributed by atoms with Crippen molar-refractivity contribution in [2.75, 3.05) is 25.1 Å². The van der Waals surface area contributed by atoms with Gasteiger partial charge >= 0.3 is 0 Å². The van der Waals surface area contributed by atoms with E-state index < -0.39 is 21.5 Å². The number of nitrogens with zero attached hydrogens (tertiary/aromatic N) is 1. The van der Waals surface area contributed by atoms with Crippen LogP contribution in [0.15, 0.2) is 23.2 Å². The molecule has 0 spiro atoms. The summed E-state index contributed by atoms with van der Waals surface area (Å²) in [6, 6.07) is 3.17. The van der Waals surface area contributed by atoms with Crippen LogP contribution < -0.4 is 10.6 Å². The minimum Gasteiger partial charge on any atom is -0.357 e. The van der Waals surface area contributed by atoms with E-state index in [-0.39, 0.29) is 24.4 Å². The number of nitrogens with one attached hydrogen (secondary N) is 2. The van der Waals surface area contributed by atoms with Crippen LogP contribution in [0, 0.1) is 11.6 Å². The summed E-state index contributed by atoms with van der Waals surface area (Å²) in [6.07, 6.45) is 1.14. The average molecular weight is 319 g/mol. The first-order valence-corrected chi connectivity index (χ1v) is 8.51. The number of hydrogen-bond acceptors (Lipinski definition) is 3. The quantitative estimate of drug-likeness (QED) is 0.608. The highest BCUT2D eigenvalue weighted by molar-refractivity contribution is 7.90. The largest absolute Gasteiger partial charge is 0.357 e. The van der Waals surface area contributed by atoms with Gasteiger partial charge in [0.05, 0.1) is 12.3 Å². The van der Waals surface area contributed by atoms with Crippen LogP contribution in [0.5, 0.6) is 0 Å². The van der Waals surface area contributed by atoms with Crippen molar-refractivity contribution >= 4 is 15.8 Å². The van der Waals surface area contributed by atoms with Crippen molar-refractivity contribution in [1.82, 2.24) is 10.6 Å². The highest BCUT2D eigenvalue weighted by atomic mass is 32.2. The maximum atomic E-state index is 13.5. The Labute approximate surface area is 123 Å². The Morgan fingerprint density at radius 3 is 2.62 bits per heavy atom. The molecule has 0 atom stereocenters. The third-order valence-electron chi connectivity index (χ3n) is 2.52. The monoisotopic (exact) mass is 319 g/mol. The molecule has 0 heterocycles. The molecule has 8 heteroatoms. The third kappa shape index (κ3) is 7.03. The van der Waals surface area contributed by atoms with Crippen LogP contribution in [-0.2, 0) is 16.4 Å². The lowest BCUT2D eigenvalue weighted by Crippen LogP contribution is -2.39. The molecule has 0 saturated heterocycles. The van der Waals surface area contributed by atoms with Crippen LogP contribution >= 0.6 is 0 Å². The molecule has 118 valence electrons. The van der Waals surface area contributed by atoms with Gasteiger partial charge in [0.1, 0.15) is 21.5 Å². The number of guanidine groups is 1. The van der Waals surface area contributed by atoms with Gasteiger partial charge in [0.2, 0.25) is 0 Å². The molecular formula is C13H19F2N3O2S. The number of benzene rings is 1. The molecular weight excluding hydrogens is 300 g/mol. The first kappa shape index (κ1) is 17.4. The summed E-state index contributed by atoms with van der Waals surface area (Å²) in [5.74, 6) is -0.750. The van der Waals surface area contributed by atoms with E-state index in [0.717, 1.165) is 24.5 Å². The Kier molecular flexibility index (Phi) is 6.54. The number of aliphatic imine (C=N–C) groups is 1. The highest BCUT2D eigenvalue weighted by Crippen LogP contribution is 2.10. The van der Waals surface area contributed by atoms with E-state index in [1.165, 1.54) is 0 Å². The van der Waals surface area contributed by atoms with Crippen molar-refractivity contribution in [3.8, 4) is 0 Å². The maximum Gasteiger partial charge on any atom is 0.191 e. The molecule has 0 radical (unpaired) electrons. The van der Waals surface area contributed by atoms with Crippen LogP contribution in [-0.4, -0.2) is 39.5 Å². The zero-order valence-electron chi connectivity index (χ0n) is 12.0. The second kappa shape index (κ2) is 7.92.